The van der Waals surface area contributed by atoms with Crippen molar-refractivity contribution in [3.8, 4) is 0 Å². The van der Waals surface area contributed by atoms with Crippen molar-refractivity contribution in [1.82, 2.24) is 10.6 Å². The van der Waals surface area contributed by atoms with Gasteiger partial charge in [0.05, 0.1) is 16.2 Å². The standard InChI is InChI=1S/C15H20N4O6/c1-9(2)16-15(22)17-13(20)8-25-14(21)11-7-10(19(23)24)5-6-12(11)18(3)4/h5-7,9H,8H2,1-4H3,(H2,16,17,20,22). The predicted octanol–water partition coefficient (Wildman–Crippen LogP) is 1.05. The Morgan fingerprint density at radius 1 is 1.28 bits per heavy atom. The minimum Gasteiger partial charge on any atom is -0.452 e. The molecule has 2 N–H and O–H groups in total. The molecular formula is C15H20N4O6. The van der Waals surface area contributed by atoms with Crippen LogP contribution in [0.4, 0.5) is 16.2 Å². The third-order valence-electron chi connectivity index (χ3n) is 2.90. The summed E-state index contributed by atoms with van der Waals surface area (Å²) in [7, 11) is 3.31. The van der Waals surface area contributed by atoms with Gasteiger partial charge in [-0.25, -0.2) is 9.59 Å². The molecule has 0 saturated carbocycles. The average molecular weight is 352 g/mol. The van der Waals surface area contributed by atoms with E-state index in [-0.39, 0.29) is 17.3 Å². The number of anilines is 1. The highest BCUT2D eigenvalue weighted by molar-refractivity contribution is 5.99. The summed E-state index contributed by atoms with van der Waals surface area (Å²) in [5, 5.41) is 15.3. The van der Waals surface area contributed by atoms with Gasteiger partial charge in [-0.2, -0.15) is 0 Å². The van der Waals surface area contributed by atoms with E-state index in [1.54, 1.807) is 32.8 Å². The number of carbonyl (C=O) groups is 3. The van der Waals surface area contributed by atoms with Crippen LogP contribution < -0.4 is 15.5 Å². The van der Waals surface area contributed by atoms with Crippen LogP contribution in [0.2, 0.25) is 0 Å². The van der Waals surface area contributed by atoms with E-state index in [4.69, 9.17) is 4.74 Å². The van der Waals surface area contributed by atoms with E-state index in [9.17, 15) is 24.5 Å². The lowest BCUT2D eigenvalue weighted by atomic mass is 10.1. The number of non-ortho nitro benzene ring substituents is 1. The fourth-order valence-electron chi connectivity index (χ4n) is 1.86. The highest BCUT2D eigenvalue weighted by atomic mass is 16.6. The van der Waals surface area contributed by atoms with Crippen LogP contribution in [0.3, 0.4) is 0 Å². The summed E-state index contributed by atoms with van der Waals surface area (Å²) in [5.74, 6) is -1.73. The monoisotopic (exact) mass is 352 g/mol. The largest absolute Gasteiger partial charge is 0.452 e. The normalized spacial score (nSPS) is 10.1. The van der Waals surface area contributed by atoms with Crippen molar-refractivity contribution < 1.29 is 24.0 Å². The maximum Gasteiger partial charge on any atom is 0.341 e. The van der Waals surface area contributed by atoms with Crippen molar-refractivity contribution in [1.29, 1.82) is 0 Å². The number of nitrogens with one attached hydrogen (secondary N) is 2. The summed E-state index contributed by atoms with van der Waals surface area (Å²) in [4.78, 5) is 46.9. The molecule has 0 spiro atoms. The molecule has 0 bridgehead atoms. The summed E-state index contributed by atoms with van der Waals surface area (Å²) < 4.78 is 4.84. The zero-order valence-corrected chi connectivity index (χ0v) is 14.4. The molecule has 0 atom stereocenters. The number of nitrogens with zero attached hydrogens (tertiary/aromatic N) is 2. The molecule has 1 rings (SSSR count). The van der Waals surface area contributed by atoms with Crippen LogP contribution in [0, 0.1) is 10.1 Å². The molecule has 0 saturated heterocycles. The smallest absolute Gasteiger partial charge is 0.341 e. The van der Waals surface area contributed by atoms with E-state index in [1.165, 1.54) is 12.1 Å². The number of carbonyl (C=O) groups excluding carboxylic acids is 3. The number of urea groups is 1. The molecule has 1 aromatic rings. The molecule has 0 aliphatic carbocycles. The maximum atomic E-state index is 12.2. The van der Waals surface area contributed by atoms with Gasteiger partial charge in [0.2, 0.25) is 0 Å². The third-order valence-corrected chi connectivity index (χ3v) is 2.90. The molecule has 10 heteroatoms. The van der Waals surface area contributed by atoms with Crippen molar-refractivity contribution in [3.63, 3.8) is 0 Å². The van der Waals surface area contributed by atoms with Gasteiger partial charge in [0, 0.05) is 32.3 Å². The lowest BCUT2D eigenvalue weighted by Crippen LogP contribution is -2.44. The number of hydrogen-bond acceptors (Lipinski definition) is 7. The number of esters is 1. The van der Waals surface area contributed by atoms with Crippen molar-refractivity contribution in [2.24, 2.45) is 0 Å². The minimum absolute atomic E-state index is 0.0568. The molecule has 25 heavy (non-hydrogen) atoms. The van der Waals surface area contributed by atoms with Gasteiger partial charge in [-0.05, 0) is 19.9 Å². The van der Waals surface area contributed by atoms with Crippen molar-refractivity contribution in [2.75, 3.05) is 25.6 Å². The second-order valence-electron chi connectivity index (χ2n) is 5.61. The Labute approximate surface area is 144 Å². The molecule has 0 heterocycles. The zero-order valence-electron chi connectivity index (χ0n) is 14.4. The number of benzene rings is 1. The number of ether oxygens (including phenoxy) is 1. The quantitative estimate of drug-likeness (QED) is 0.444. The molecule has 0 aromatic heterocycles. The van der Waals surface area contributed by atoms with Gasteiger partial charge in [0.1, 0.15) is 0 Å². The highest BCUT2D eigenvalue weighted by Crippen LogP contribution is 2.24. The van der Waals surface area contributed by atoms with Gasteiger partial charge in [-0.1, -0.05) is 0 Å². The molecular weight excluding hydrogens is 332 g/mol. The van der Waals surface area contributed by atoms with Gasteiger partial charge < -0.3 is 15.0 Å². The summed E-state index contributed by atoms with van der Waals surface area (Å²) in [6, 6.07) is 2.87. The summed E-state index contributed by atoms with van der Waals surface area (Å²) in [6.45, 7) is 2.74. The third kappa shape index (κ3) is 6.09. The van der Waals surface area contributed by atoms with Gasteiger partial charge >= 0.3 is 12.0 Å². The molecule has 0 radical (unpaired) electrons. The molecule has 3 amide bonds. The lowest BCUT2D eigenvalue weighted by molar-refractivity contribution is -0.384. The van der Waals surface area contributed by atoms with Crippen molar-refractivity contribution in [2.45, 2.75) is 19.9 Å². The van der Waals surface area contributed by atoms with Gasteiger partial charge in [0.15, 0.2) is 6.61 Å². The summed E-state index contributed by atoms with van der Waals surface area (Å²) in [6.07, 6.45) is 0. The summed E-state index contributed by atoms with van der Waals surface area (Å²) in [5.41, 5.74) is 0.0607. The SMILES string of the molecule is CC(C)NC(=O)NC(=O)COC(=O)c1cc([N+](=O)[O-])ccc1N(C)C. The van der Waals surface area contributed by atoms with Crippen LogP contribution in [0.1, 0.15) is 24.2 Å². The zero-order chi connectivity index (χ0) is 19.1. The fraction of sp³-hybridized carbons (Fsp3) is 0.400. The first-order valence-corrected chi connectivity index (χ1v) is 7.35. The Hall–Kier alpha value is -3.17. The van der Waals surface area contributed by atoms with Crippen LogP contribution >= 0.6 is 0 Å². The van der Waals surface area contributed by atoms with E-state index in [0.29, 0.717) is 5.69 Å². The number of nitro benzene ring substituents is 1. The van der Waals surface area contributed by atoms with E-state index in [2.05, 4.69) is 5.32 Å². The first kappa shape index (κ1) is 19.9. The second kappa shape index (κ2) is 8.62. The number of amides is 3. The molecule has 0 aliphatic heterocycles. The van der Waals surface area contributed by atoms with E-state index < -0.39 is 29.4 Å². The Balaban J connectivity index is 2.79. The molecule has 0 unspecified atom stereocenters. The fourth-order valence-corrected chi connectivity index (χ4v) is 1.86. The Bertz CT molecular complexity index is 687. The number of nitro groups is 1. The first-order chi connectivity index (χ1) is 11.6. The first-order valence-electron chi connectivity index (χ1n) is 7.35. The Kier molecular flexibility index (Phi) is 6.85. The topological polar surface area (TPSA) is 131 Å². The molecule has 1 aromatic carbocycles. The van der Waals surface area contributed by atoms with Crippen LogP contribution in [-0.2, 0) is 9.53 Å². The minimum atomic E-state index is -0.910. The van der Waals surface area contributed by atoms with Crippen molar-refractivity contribution >= 4 is 29.3 Å². The van der Waals surface area contributed by atoms with Gasteiger partial charge in [0.25, 0.3) is 11.6 Å². The van der Waals surface area contributed by atoms with Gasteiger partial charge in [-0.15, -0.1) is 0 Å². The summed E-state index contributed by atoms with van der Waals surface area (Å²) >= 11 is 0. The molecule has 136 valence electrons. The number of imide groups is 1. The number of rotatable bonds is 6. The van der Waals surface area contributed by atoms with Crippen LogP contribution in [0.25, 0.3) is 0 Å². The van der Waals surface area contributed by atoms with E-state index in [0.717, 1.165) is 6.07 Å². The molecule has 0 fully saturated rings. The van der Waals surface area contributed by atoms with E-state index in [1.807, 2.05) is 5.32 Å². The van der Waals surface area contributed by atoms with Crippen LogP contribution in [0.5, 0.6) is 0 Å². The predicted molar refractivity (Wildman–Crippen MR) is 89.5 cm³/mol. The lowest BCUT2D eigenvalue weighted by Gasteiger charge is -2.16. The second-order valence-corrected chi connectivity index (χ2v) is 5.61. The maximum absolute atomic E-state index is 12.2. The highest BCUT2D eigenvalue weighted by Gasteiger charge is 2.20. The Morgan fingerprint density at radius 2 is 1.92 bits per heavy atom. The Morgan fingerprint density at radius 3 is 2.44 bits per heavy atom. The van der Waals surface area contributed by atoms with Crippen LogP contribution in [0.15, 0.2) is 18.2 Å². The van der Waals surface area contributed by atoms with Crippen molar-refractivity contribution in [3.05, 3.63) is 33.9 Å². The van der Waals surface area contributed by atoms with Gasteiger partial charge in [-0.3, -0.25) is 20.2 Å². The average Bonchev–Trinajstić information content (AvgIpc) is 2.50. The van der Waals surface area contributed by atoms with Crippen LogP contribution in [-0.4, -0.2) is 49.6 Å². The molecule has 0 aliphatic rings. The molecule has 10 nitrogen and oxygen atoms in total. The number of hydrogen-bond donors (Lipinski definition) is 2. The van der Waals surface area contributed by atoms with E-state index >= 15 is 0 Å².